The van der Waals surface area contributed by atoms with Crippen molar-refractivity contribution in [3.8, 4) is 5.75 Å². The Morgan fingerprint density at radius 2 is 2.05 bits per heavy atom. The van der Waals surface area contributed by atoms with Gasteiger partial charge in [0.15, 0.2) is 0 Å². The van der Waals surface area contributed by atoms with Gasteiger partial charge in [0.25, 0.3) is 0 Å². The van der Waals surface area contributed by atoms with E-state index in [9.17, 15) is 4.39 Å². The van der Waals surface area contributed by atoms with Gasteiger partial charge in [-0.25, -0.2) is 4.39 Å². The predicted molar refractivity (Wildman–Crippen MR) is 72.7 cm³/mol. The summed E-state index contributed by atoms with van der Waals surface area (Å²) in [7, 11) is 1.73. The average Bonchev–Trinajstić information content (AvgIpc) is 2.41. The van der Waals surface area contributed by atoms with Crippen LogP contribution < -0.4 is 10.5 Å². The first-order valence-corrected chi connectivity index (χ1v) is 6.84. The number of benzene rings is 1. The van der Waals surface area contributed by atoms with Gasteiger partial charge < -0.3 is 15.2 Å². The number of hydrogen-bond acceptors (Lipinski definition) is 3. The molecular weight excluding hydrogens is 245 g/mol. The van der Waals surface area contributed by atoms with E-state index < -0.39 is 0 Å². The zero-order valence-electron chi connectivity index (χ0n) is 11.6. The second-order valence-corrected chi connectivity index (χ2v) is 5.23. The average molecular weight is 267 g/mol. The molecule has 3 nitrogen and oxygen atoms in total. The lowest BCUT2D eigenvalue weighted by atomic mass is 9.94. The summed E-state index contributed by atoms with van der Waals surface area (Å²) in [6.07, 6.45) is 4.46. The summed E-state index contributed by atoms with van der Waals surface area (Å²) in [5, 5.41) is 0. The van der Waals surface area contributed by atoms with Crippen LogP contribution in [0.3, 0.4) is 0 Å². The van der Waals surface area contributed by atoms with Crippen LogP contribution in [0.2, 0.25) is 0 Å². The Bertz CT molecular complexity index is 423. The Balaban J connectivity index is 2.10. The third kappa shape index (κ3) is 3.67. The molecule has 3 atom stereocenters. The molecule has 0 aliphatic heterocycles. The van der Waals surface area contributed by atoms with Crippen molar-refractivity contribution in [3.63, 3.8) is 0 Å². The largest absolute Gasteiger partial charge is 0.490 e. The van der Waals surface area contributed by atoms with Crippen molar-refractivity contribution in [2.24, 2.45) is 5.73 Å². The van der Waals surface area contributed by atoms with E-state index in [1.54, 1.807) is 13.2 Å². The fraction of sp³-hybridized carbons (Fsp3) is 0.600. The molecule has 19 heavy (non-hydrogen) atoms. The van der Waals surface area contributed by atoms with E-state index in [0.29, 0.717) is 5.75 Å². The topological polar surface area (TPSA) is 44.5 Å². The molecule has 1 aromatic carbocycles. The zero-order valence-corrected chi connectivity index (χ0v) is 11.6. The van der Waals surface area contributed by atoms with Gasteiger partial charge in [0.05, 0.1) is 6.10 Å². The standard InChI is InChI=1S/C15H22FNO2/c1-10(17)14-8-11(16)6-7-15(14)19-13-5-3-4-12(9-13)18-2/h6-8,10,12-13H,3-5,9,17H2,1-2H3/t10-,12?,13?/m1/s1. The van der Waals surface area contributed by atoms with E-state index in [1.165, 1.54) is 12.1 Å². The first-order valence-electron chi connectivity index (χ1n) is 6.84. The first-order chi connectivity index (χ1) is 9.10. The van der Waals surface area contributed by atoms with E-state index in [-0.39, 0.29) is 24.1 Å². The van der Waals surface area contributed by atoms with Gasteiger partial charge in [-0.05, 0) is 44.4 Å². The summed E-state index contributed by atoms with van der Waals surface area (Å²) in [6, 6.07) is 4.30. The van der Waals surface area contributed by atoms with Gasteiger partial charge in [0, 0.05) is 25.1 Å². The molecule has 0 radical (unpaired) electrons. The highest BCUT2D eigenvalue weighted by Gasteiger charge is 2.24. The maximum atomic E-state index is 13.3. The molecule has 0 aromatic heterocycles. The maximum absolute atomic E-state index is 13.3. The monoisotopic (exact) mass is 267 g/mol. The van der Waals surface area contributed by atoms with Gasteiger partial charge in [0.2, 0.25) is 0 Å². The van der Waals surface area contributed by atoms with Crippen LogP contribution in [-0.4, -0.2) is 19.3 Å². The fourth-order valence-electron chi connectivity index (χ4n) is 2.59. The molecule has 0 spiro atoms. The van der Waals surface area contributed by atoms with Gasteiger partial charge >= 0.3 is 0 Å². The third-order valence-electron chi connectivity index (χ3n) is 3.67. The van der Waals surface area contributed by atoms with Crippen molar-refractivity contribution >= 4 is 0 Å². The molecule has 106 valence electrons. The van der Waals surface area contributed by atoms with Crippen LogP contribution in [0, 0.1) is 5.82 Å². The Hall–Kier alpha value is -1.13. The van der Waals surface area contributed by atoms with E-state index in [2.05, 4.69) is 0 Å². The summed E-state index contributed by atoms with van der Waals surface area (Å²) in [5.41, 5.74) is 6.59. The van der Waals surface area contributed by atoms with E-state index in [0.717, 1.165) is 31.2 Å². The van der Waals surface area contributed by atoms with Crippen LogP contribution in [-0.2, 0) is 4.74 Å². The predicted octanol–water partition coefficient (Wildman–Crippen LogP) is 3.18. The van der Waals surface area contributed by atoms with Crippen LogP contribution in [0.25, 0.3) is 0 Å². The molecular formula is C15H22FNO2. The number of ether oxygens (including phenoxy) is 2. The molecule has 0 amide bonds. The summed E-state index contributed by atoms with van der Waals surface area (Å²) in [5.74, 6) is 0.413. The second-order valence-electron chi connectivity index (χ2n) is 5.23. The van der Waals surface area contributed by atoms with Crippen molar-refractivity contribution in [1.29, 1.82) is 0 Å². The van der Waals surface area contributed by atoms with Crippen molar-refractivity contribution in [2.75, 3.05) is 7.11 Å². The number of hydrogen-bond donors (Lipinski definition) is 1. The zero-order chi connectivity index (χ0) is 13.8. The highest BCUT2D eigenvalue weighted by Crippen LogP contribution is 2.30. The quantitative estimate of drug-likeness (QED) is 0.911. The van der Waals surface area contributed by atoms with Gasteiger partial charge in [0.1, 0.15) is 17.7 Å². The second kappa shape index (κ2) is 6.35. The van der Waals surface area contributed by atoms with E-state index in [4.69, 9.17) is 15.2 Å². The molecule has 1 fully saturated rings. The molecule has 1 saturated carbocycles. The van der Waals surface area contributed by atoms with Gasteiger partial charge in [-0.1, -0.05) is 0 Å². The van der Waals surface area contributed by atoms with Crippen LogP contribution >= 0.6 is 0 Å². The first kappa shape index (κ1) is 14.3. The van der Waals surface area contributed by atoms with Crippen LogP contribution in [0.15, 0.2) is 18.2 Å². The lowest BCUT2D eigenvalue weighted by Crippen LogP contribution is -2.30. The Kier molecular flexibility index (Phi) is 4.77. The molecule has 1 aliphatic rings. The minimum atomic E-state index is -0.280. The van der Waals surface area contributed by atoms with Gasteiger partial charge in [-0.3, -0.25) is 0 Å². The molecule has 2 unspecified atom stereocenters. The SMILES string of the molecule is COC1CCCC(Oc2ccc(F)cc2[C@@H](C)N)C1. The summed E-state index contributed by atoms with van der Waals surface area (Å²) < 4.78 is 24.7. The lowest BCUT2D eigenvalue weighted by molar-refractivity contribution is 0.0205. The molecule has 0 heterocycles. The van der Waals surface area contributed by atoms with Crippen LogP contribution in [0.4, 0.5) is 4.39 Å². The minimum absolute atomic E-state index is 0.127. The Labute approximate surface area is 113 Å². The van der Waals surface area contributed by atoms with Crippen molar-refractivity contribution in [3.05, 3.63) is 29.6 Å². The van der Waals surface area contributed by atoms with E-state index in [1.807, 2.05) is 6.92 Å². The number of nitrogens with two attached hydrogens (primary N) is 1. The summed E-state index contributed by atoms with van der Waals surface area (Å²) in [6.45, 7) is 1.83. The maximum Gasteiger partial charge on any atom is 0.124 e. The number of methoxy groups -OCH3 is 1. The Morgan fingerprint density at radius 3 is 2.74 bits per heavy atom. The van der Waals surface area contributed by atoms with Crippen molar-refractivity contribution < 1.29 is 13.9 Å². The van der Waals surface area contributed by atoms with Gasteiger partial charge in [-0.15, -0.1) is 0 Å². The molecule has 2 rings (SSSR count). The normalized spacial score (nSPS) is 25.1. The van der Waals surface area contributed by atoms with Crippen LogP contribution in [0.5, 0.6) is 5.75 Å². The van der Waals surface area contributed by atoms with Crippen molar-refractivity contribution in [2.45, 2.75) is 50.9 Å². The number of rotatable bonds is 4. The van der Waals surface area contributed by atoms with Crippen LogP contribution in [0.1, 0.15) is 44.2 Å². The minimum Gasteiger partial charge on any atom is -0.490 e. The molecule has 0 saturated heterocycles. The van der Waals surface area contributed by atoms with Gasteiger partial charge in [-0.2, -0.15) is 0 Å². The molecule has 2 N–H and O–H groups in total. The molecule has 0 bridgehead atoms. The van der Waals surface area contributed by atoms with E-state index >= 15 is 0 Å². The fourth-order valence-corrected chi connectivity index (χ4v) is 2.59. The third-order valence-corrected chi connectivity index (χ3v) is 3.67. The Morgan fingerprint density at radius 1 is 1.32 bits per heavy atom. The van der Waals surface area contributed by atoms with Crippen molar-refractivity contribution in [1.82, 2.24) is 0 Å². The highest BCUT2D eigenvalue weighted by atomic mass is 19.1. The molecule has 1 aromatic rings. The lowest BCUT2D eigenvalue weighted by Gasteiger charge is -2.29. The smallest absolute Gasteiger partial charge is 0.124 e. The number of halogens is 1. The summed E-state index contributed by atoms with van der Waals surface area (Å²) in [4.78, 5) is 0. The summed E-state index contributed by atoms with van der Waals surface area (Å²) >= 11 is 0. The molecule has 1 aliphatic carbocycles. The molecule has 4 heteroatoms. The highest BCUT2D eigenvalue weighted by molar-refractivity contribution is 5.36.